The predicted octanol–water partition coefficient (Wildman–Crippen LogP) is 0.939. The van der Waals surface area contributed by atoms with Crippen molar-refractivity contribution >= 4 is 11.8 Å². The third-order valence-corrected chi connectivity index (χ3v) is 1.46. The van der Waals surface area contributed by atoms with Gasteiger partial charge in [0.15, 0.2) is 5.78 Å². The number of ketones is 1. The highest BCUT2D eigenvalue weighted by Gasteiger charge is 2.10. The summed E-state index contributed by atoms with van der Waals surface area (Å²) in [4.78, 5) is 21.1. The summed E-state index contributed by atoms with van der Waals surface area (Å²) in [5.41, 5.74) is 0. The van der Waals surface area contributed by atoms with E-state index >= 15 is 0 Å². The molecule has 0 radical (unpaired) electrons. The van der Waals surface area contributed by atoms with Crippen LogP contribution in [0.1, 0.15) is 0 Å². The molecular formula is C9H8O3. The number of carbonyl (C=O) groups excluding carboxylic acids is 1. The van der Waals surface area contributed by atoms with Crippen molar-refractivity contribution < 1.29 is 14.7 Å². The van der Waals surface area contributed by atoms with Crippen LogP contribution < -0.4 is 0 Å². The molecule has 12 heavy (non-hydrogen) atoms. The minimum absolute atomic E-state index is 0.0880. The molecule has 1 N–H and O–H groups in total. The molecule has 0 aromatic rings. The van der Waals surface area contributed by atoms with Crippen molar-refractivity contribution in [3.05, 3.63) is 36.5 Å². The quantitative estimate of drug-likeness (QED) is 0.618. The van der Waals surface area contributed by atoms with Crippen molar-refractivity contribution in [3.8, 4) is 0 Å². The van der Waals surface area contributed by atoms with Crippen molar-refractivity contribution in [2.45, 2.75) is 0 Å². The highest BCUT2D eigenvalue weighted by molar-refractivity contribution is 5.96. The summed E-state index contributed by atoms with van der Waals surface area (Å²) in [7, 11) is 0. The Kier molecular flexibility index (Phi) is 2.58. The minimum atomic E-state index is -1.04. The van der Waals surface area contributed by atoms with Crippen LogP contribution in [0.3, 0.4) is 0 Å². The van der Waals surface area contributed by atoms with Gasteiger partial charge in [0.2, 0.25) is 0 Å². The Morgan fingerprint density at radius 1 is 1.50 bits per heavy atom. The van der Waals surface area contributed by atoms with Gasteiger partial charge in [-0.3, -0.25) is 4.79 Å². The van der Waals surface area contributed by atoms with Gasteiger partial charge in [0.1, 0.15) is 0 Å². The Bertz CT molecular complexity index is 284. The summed E-state index contributed by atoms with van der Waals surface area (Å²) in [6, 6.07) is 0. The lowest BCUT2D eigenvalue weighted by molar-refractivity contribution is -0.131. The van der Waals surface area contributed by atoms with Crippen LogP contribution >= 0.6 is 0 Å². The molecule has 1 aliphatic rings. The number of carboxylic acids is 1. The van der Waals surface area contributed by atoms with Crippen molar-refractivity contribution in [2.75, 3.05) is 0 Å². The first-order chi connectivity index (χ1) is 5.70. The number of hydrogen-bond donors (Lipinski definition) is 1. The van der Waals surface area contributed by atoms with E-state index in [2.05, 4.69) is 0 Å². The average Bonchev–Trinajstić information content (AvgIpc) is 2.03. The van der Waals surface area contributed by atoms with Gasteiger partial charge in [-0.05, 0) is 6.08 Å². The number of aliphatic carboxylic acids is 1. The summed E-state index contributed by atoms with van der Waals surface area (Å²) in [5.74, 6) is -1.54. The largest absolute Gasteiger partial charge is 0.478 e. The molecule has 0 saturated carbocycles. The molecule has 3 nitrogen and oxygen atoms in total. The Balaban J connectivity index is 2.65. The number of carbonyl (C=O) groups is 2. The molecule has 1 unspecified atom stereocenters. The van der Waals surface area contributed by atoms with Crippen LogP contribution in [-0.2, 0) is 9.59 Å². The second-order valence-corrected chi connectivity index (χ2v) is 2.37. The van der Waals surface area contributed by atoms with Gasteiger partial charge >= 0.3 is 5.97 Å². The van der Waals surface area contributed by atoms with Crippen LogP contribution in [0.25, 0.3) is 0 Å². The third kappa shape index (κ3) is 2.20. The van der Waals surface area contributed by atoms with Gasteiger partial charge in [-0.2, -0.15) is 0 Å². The molecule has 0 saturated heterocycles. The van der Waals surface area contributed by atoms with Crippen LogP contribution in [-0.4, -0.2) is 16.9 Å². The first kappa shape index (κ1) is 8.46. The molecule has 0 amide bonds. The Hall–Kier alpha value is -1.64. The van der Waals surface area contributed by atoms with Gasteiger partial charge in [0.25, 0.3) is 0 Å². The first-order valence-electron chi connectivity index (χ1n) is 3.50. The topological polar surface area (TPSA) is 54.4 Å². The van der Waals surface area contributed by atoms with E-state index in [1.807, 2.05) is 0 Å². The maximum Gasteiger partial charge on any atom is 0.328 e. The van der Waals surface area contributed by atoms with Crippen molar-refractivity contribution in [3.63, 3.8) is 0 Å². The van der Waals surface area contributed by atoms with Crippen LogP contribution in [0.5, 0.6) is 0 Å². The van der Waals surface area contributed by atoms with Gasteiger partial charge in [0, 0.05) is 6.08 Å². The smallest absolute Gasteiger partial charge is 0.328 e. The van der Waals surface area contributed by atoms with E-state index in [9.17, 15) is 9.59 Å². The van der Waals surface area contributed by atoms with Gasteiger partial charge in [-0.25, -0.2) is 4.79 Å². The maximum atomic E-state index is 11.0. The molecule has 0 fully saturated rings. The zero-order chi connectivity index (χ0) is 8.97. The van der Waals surface area contributed by atoms with Crippen LogP contribution in [0.2, 0.25) is 0 Å². The minimum Gasteiger partial charge on any atom is -0.478 e. The fourth-order valence-corrected chi connectivity index (χ4v) is 0.885. The Morgan fingerprint density at radius 2 is 2.25 bits per heavy atom. The van der Waals surface area contributed by atoms with E-state index in [1.54, 1.807) is 18.2 Å². The molecule has 1 atom stereocenters. The molecule has 0 aromatic heterocycles. The molecule has 0 spiro atoms. The lowest BCUT2D eigenvalue weighted by Crippen LogP contribution is -2.08. The molecule has 0 bridgehead atoms. The zero-order valence-electron chi connectivity index (χ0n) is 6.31. The summed E-state index contributed by atoms with van der Waals surface area (Å²) >= 11 is 0. The second-order valence-electron chi connectivity index (χ2n) is 2.37. The number of rotatable bonds is 2. The van der Waals surface area contributed by atoms with Gasteiger partial charge in [-0.1, -0.05) is 24.3 Å². The third-order valence-electron chi connectivity index (χ3n) is 1.46. The van der Waals surface area contributed by atoms with E-state index in [1.165, 1.54) is 12.2 Å². The molecule has 0 aliphatic heterocycles. The maximum absolute atomic E-state index is 11.0. The Labute approximate surface area is 69.7 Å². The SMILES string of the molecule is O=C(O)C=CC1C=CC=CC1=O. The van der Waals surface area contributed by atoms with Gasteiger partial charge in [0.05, 0.1) is 5.92 Å². The fraction of sp³-hybridized carbons (Fsp3) is 0.111. The van der Waals surface area contributed by atoms with Crippen LogP contribution in [0, 0.1) is 5.92 Å². The zero-order valence-corrected chi connectivity index (χ0v) is 6.31. The number of allylic oxidation sites excluding steroid dienone is 5. The van der Waals surface area contributed by atoms with Crippen molar-refractivity contribution in [1.82, 2.24) is 0 Å². The van der Waals surface area contributed by atoms with E-state index in [0.29, 0.717) is 0 Å². The predicted molar refractivity (Wildman–Crippen MR) is 43.6 cm³/mol. The molecule has 0 heterocycles. The standard InChI is InChI=1S/C9H8O3/c10-8-4-2-1-3-7(8)5-6-9(11)12/h1-7H,(H,11,12). The number of carboxylic acid groups (broad SMARTS) is 1. The highest BCUT2D eigenvalue weighted by atomic mass is 16.4. The van der Waals surface area contributed by atoms with Gasteiger partial charge in [-0.15, -0.1) is 0 Å². The summed E-state index contributed by atoms with van der Waals surface area (Å²) < 4.78 is 0. The molecule has 62 valence electrons. The van der Waals surface area contributed by atoms with Crippen molar-refractivity contribution in [2.24, 2.45) is 5.92 Å². The Morgan fingerprint density at radius 3 is 2.83 bits per heavy atom. The second kappa shape index (κ2) is 3.67. The fourth-order valence-electron chi connectivity index (χ4n) is 0.885. The first-order valence-corrected chi connectivity index (χ1v) is 3.50. The van der Waals surface area contributed by atoms with E-state index in [0.717, 1.165) is 6.08 Å². The average molecular weight is 164 g/mol. The van der Waals surface area contributed by atoms with Crippen LogP contribution in [0.4, 0.5) is 0 Å². The van der Waals surface area contributed by atoms with E-state index in [-0.39, 0.29) is 5.78 Å². The normalized spacial score (nSPS) is 22.0. The lowest BCUT2D eigenvalue weighted by atomic mass is 9.99. The molecule has 3 heteroatoms. The summed E-state index contributed by atoms with van der Waals surface area (Å²) in [5, 5.41) is 8.29. The highest BCUT2D eigenvalue weighted by Crippen LogP contribution is 2.08. The monoisotopic (exact) mass is 164 g/mol. The molecule has 1 aliphatic carbocycles. The van der Waals surface area contributed by atoms with E-state index < -0.39 is 11.9 Å². The molecular weight excluding hydrogens is 156 g/mol. The molecule has 0 aromatic carbocycles. The summed E-state index contributed by atoms with van der Waals surface area (Å²) in [6.07, 6.45) is 8.78. The van der Waals surface area contributed by atoms with E-state index in [4.69, 9.17) is 5.11 Å². The number of hydrogen-bond acceptors (Lipinski definition) is 2. The van der Waals surface area contributed by atoms with Crippen LogP contribution in [0.15, 0.2) is 36.5 Å². The molecule has 1 rings (SSSR count). The van der Waals surface area contributed by atoms with Crippen molar-refractivity contribution in [1.29, 1.82) is 0 Å². The van der Waals surface area contributed by atoms with Gasteiger partial charge < -0.3 is 5.11 Å². The summed E-state index contributed by atoms with van der Waals surface area (Å²) in [6.45, 7) is 0. The lowest BCUT2D eigenvalue weighted by Gasteiger charge is -2.04.